The van der Waals surface area contributed by atoms with Crippen molar-refractivity contribution in [3.63, 3.8) is 0 Å². The minimum Gasteiger partial charge on any atom is -0.302 e. The molecule has 0 unspecified atom stereocenters. The van der Waals surface area contributed by atoms with Gasteiger partial charge < -0.3 is 4.57 Å². The van der Waals surface area contributed by atoms with Gasteiger partial charge >= 0.3 is 0 Å². The molecule has 17 heavy (non-hydrogen) atoms. The average Bonchev–Trinajstić information content (AvgIpc) is 2.65. The molecular formula is C12H22ClN3S. The molecule has 0 aliphatic heterocycles. The SMILES string of the molecule is CSCCCCCCn1c(Cl)nnc1C(C)C. The molecular weight excluding hydrogens is 254 g/mol. The van der Waals surface area contributed by atoms with E-state index in [2.05, 4.69) is 30.3 Å². The highest BCUT2D eigenvalue weighted by Gasteiger charge is 2.12. The lowest BCUT2D eigenvalue weighted by Crippen LogP contribution is -2.06. The zero-order valence-corrected chi connectivity index (χ0v) is 12.5. The van der Waals surface area contributed by atoms with E-state index < -0.39 is 0 Å². The first-order chi connectivity index (χ1) is 8.16. The largest absolute Gasteiger partial charge is 0.302 e. The Hall–Kier alpha value is -0.220. The number of hydrogen-bond donors (Lipinski definition) is 0. The van der Waals surface area contributed by atoms with Crippen molar-refractivity contribution in [2.45, 2.75) is 52.0 Å². The fourth-order valence-corrected chi connectivity index (χ4v) is 2.50. The van der Waals surface area contributed by atoms with Crippen molar-refractivity contribution in [3.05, 3.63) is 11.1 Å². The summed E-state index contributed by atoms with van der Waals surface area (Å²) in [5, 5.41) is 8.59. The second-order valence-electron chi connectivity index (χ2n) is 4.54. The molecule has 0 atom stereocenters. The third-order valence-electron chi connectivity index (χ3n) is 2.73. The molecule has 0 fully saturated rings. The van der Waals surface area contributed by atoms with E-state index in [0.29, 0.717) is 11.2 Å². The summed E-state index contributed by atoms with van der Waals surface area (Å²) in [6.45, 7) is 5.18. The van der Waals surface area contributed by atoms with Crippen LogP contribution in [0.1, 0.15) is 51.3 Å². The number of unbranched alkanes of at least 4 members (excludes halogenated alkanes) is 3. The van der Waals surface area contributed by atoms with Gasteiger partial charge in [-0.1, -0.05) is 26.7 Å². The standard InChI is InChI=1S/C12H22ClN3S/c1-10(2)11-14-15-12(13)16(11)8-6-4-5-7-9-17-3/h10H,4-9H2,1-3H3. The van der Waals surface area contributed by atoms with Gasteiger partial charge in [0.1, 0.15) is 5.82 Å². The Morgan fingerprint density at radius 1 is 1.18 bits per heavy atom. The van der Waals surface area contributed by atoms with Crippen LogP contribution < -0.4 is 0 Å². The summed E-state index contributed by atoms with van der Waals surface area (Å²) in [5.74, 6) is 2.65. The molecule has 1 aromatic heterocycles. The lowest BCUT2D eigenvalue weighted by molar-refractivity contribution is 0.554. The number of hydrogen-bond acceptors (Lipinski definition) is 3. The van der Waals surface area contributed by atoms with Crippen LogP contribution in [0.3, 0.4) is 0 Å². The topological polar surface area (TPSA) is 30.7 Å². The van der Waals surface area contributed by atoms with Crippen molar-refractivity contribution in [2.24, 2.45) is 0 Å². The minimum atomic E-state index is 0.381. The highest BCUT2D eigenvalue weighted by Crippen LogP contribution is 2.17. The molecule has 3 nitrogen and oxygen atoms in total. The van der Waals surface area contributed by atoms with E-state index >= 15 is 0 Å². The lowest BCUT2D eigenvalue weighted by Gasteiger charge is -2.09. The number of aromatic nitrogens is 3. The Balaban J connectivity index is 2.33. The van der Waals surface area contributed by atoms with Crippen molar-refractivity contribution >= 4 is 23.4 Å². The first kappa shape index (κ1) is 14.8. The van der Waals surface area contributed by atoms with E-state index in [1.807, 2.05) is 16.3 Å². The molecule has 1 aromatic rings. The first-order valence-corrected chi connectivity index (χ1v) is 8.01. The summed E-state index contributed by atoms with van der Waals surface area (Å²) in [5.41, 5.74) is 0. The van der Waals surface area contributed by atoms with Gasteiger partial charge in [0.05, 0.1) is 0 Å². The third-order valence-corrected chi connectivity index (χ3v) is 3.71. The van der Waals surface area contributed by atoms with Crippen LogP contribution in [0.25, 0.3) is 0 Å². The van der Waals surface area contributed by atoms with Gasteiger partial charge in [-0.3, -0.25) is 0 Å². The molecule has 0 aromatic carbocycles. The average molecular weight is 276 g/mol. The second kappa shape index (κ2) is 7.98. The van der Waals surface area contributed by atoms with E-state index in [-0.39, 0.29) is 0 Å². The van der Waals surface area contributed by atoms with E-state index in [4.69, 9.17) is 11.6 Å². The van der Waals surface area contributed by atoms with Crippen LogP contribution in [0.5, 0.6) is 0 Å². The highest BCUT2D eigenvalue weighted by molar-refractivity contribution is 7.98. The van der Waals surface area contributed by atoms with Crippen molar-refractivity contribution in [3.8, 4) is 0 Å². The molecule has 0 spiro atoms. The van der Waals surface area contributed by atoms with Crippen LogP contribution in [0, 0.1) is 0 Å². The summed E-state index contributed by atoms with van der Waals surface area (Å²) in [6, 6.07) is 0. The zero-order valence-electron chi connectivity index (χ0n) is 10.9. The van der Waals surface area contributed by atoms with E-state index in [1.54, 1.807) is 0 Å². The Labute approximate surface area is 113 Å². The van der Waals surface area contributed by atoms with Gasteiger partial charge in [0.15, 0.2) is 0 Å². The molecule has 98 valence electrons. The van der Waals surface area contributed by atoms with E-state index in [1.165, 1.54) is 25.0 Å². The summed E-state index contributed by atoms with van der Waals surface area (Å²) < 4.78 is 2.04. The first-order valence-electron chi connectivity index (χ1n) is 6.24. The number of nitrogens with zero attached hydrogens (tertiary/aromatic N) is 3. The Morgan fingerprint density at radius 2 is 1.88 bits per heavy atom. The molecule has 0 bridgehead atoms. The van der Waals surface area contributed by atoms with Crippen molar-refractivity contribution < 1.29 is 0 Å². The molecule has 0 aliphatic carbocycles. The smallest absolute Gasteiger partial charge is 0.225 e. The van der Waals surface area contributed by atoms with Gasteiger partial charge in [-0.15, -0.1) is 10.2 Å². The molecule has 0 saturated heterocycles. The zero-order chi connectivity index (χ0) is 12.7. The highest BCUT2D eigenvalue weighted by atomic mass is 35.5. The van der Waals surface area contributed by atoms with Gasteiger partial charge in [0, 0.05) is 12.5 Å². The maximum absolute atomic E-state index is 6.04. The summed E-state index contributed by atoms with van der Waals surface area (Å²) in [7, 11) is 0. The maximum atomic E-state index is 6.04. The normalized spacial score (nSPS) is 11.4. The summed E-state index contributed by atoms with van der Waals surface area (Å²) in [4.78, 5) is 0. The van der Waals surface area contributed by atoms with Crippen LogP contribution >= 0.6 is 23.4 Å². The molecule has 0 amide bonds. The van der Waals surface area contributed by atoms with Gasteiger partial charge in [-0.05, 0) is 36.5 Å². The van der Waals surface area contributed by atoms with E-state index in [9.17, 15) is 0 Å². The van der Waals surface area contributed by atoms with Crippen LogP contribution in [0.2, 0.25) is 5.28 Å². The van der Waals surface area contributed by atoms with Crippen LogP contribution in [-0.2, 0) is 6.54 Å². The van der Waals surface area contributed by atoms with Crippen LogP contribution in [-0.4, -0.2) is 26.8 Å². The molecule has 0 N–H and O–H groups in total. The molecule has 1 rings (SSSR count). The summed E-state index contributed by atoms with van der Waals surface area (Å²) in [6.07, 6.45) is 7.19. The fourth-order valence-electron chi connectivity index (χ4n) is 1.80. The molecule has 0 radical (unpaired) electrons. The van der Waals surface area contributed by atoms with Gasteiger partial charge in [0.2, 0.25) is 5.28 Å². The Bertz CT molecular complexity index is 326. The van der Waals surface area contributed by atoms with E-state index in [0.717, 1.165) is 18.8 Å². The Kier molecular flexibility index (Phi) is 6.97. The predicted molar refractivity (Wildman–Crippen MR) is 76.0 cm³/mol. The lowest BCUT2D eigenvalue weighted by atomic mass is 10.2. The van der Waals surface area contributed by atoms with Crippen LogP contribution in [0.4, 0.5) is 0 Å². The second-order valence-corrected chi connectivity index (χ2v) is 5.86. The minimum absolute atomic E-state index is 0.381. The maximum Gasteiger partial charge on any atom is 0.225 e. The molecule has 1 heterocycles. The molecule has 0 aliphatic rings. The number of halogens is 1. The number of rotatable bonds is 8. The fraction of sp³-hybridized carbons (Fsp3) is 0.833. The monoisotopic (exact) mass is 275 g/mol. The van der Waals surface area contributed by atoms with Crippen molar-refractivity contribution in [1.82, 2.24) is 14.8 Å². The molecule has 5 heteroatoms. The molecule has 0 saturated carbocycles. The van der Waals surface area contributed by atoms with Crippen LogP contribution in [0.15, 0.2) is 0 Å². The van der Waals surface area contributed by atoms with Crippen molar-refractivity contribution in [2.75, 3.05) is 12.0 Å². The Morgan fingerprint density at radius 3 is 2.53 bits per heavy atom. The van der Waals surface area contributed by atoms with Gasteiger partial charge in [-0.25, -0.2) is 0 Å². The predicted octanol–water partition coefficient (Wildman–Crippen LogP) is 3.98. The third kappa shape index (κ3) is 4.88. The van der Waals surface area contributed by atoms with Gasteiger partial charge in [0.25, 0.3) is 0 Å². The quantitative estimate of drug-likeness (QED) is 0.673. The van der Waals surface area contributed by atoms with Crippen molar-refractivity contribution in [1.29, 1.82) is 0 Å². The number of thioether (sulfide) groups is 1. The summed E-state index contributed by atoms with van der Waals surface area (Å²) >= 11 is 7.96. The van der Waals surface area contributed by atoms with Gasteiger partial charge in [-0.2, -0.15) is 11.8 Å².